The molecule has 0 atom stereocenters. The molecule has 5 nitrogen and oxygen atoms in total. The van der Waals surface area contributed by atoms with Crippen LogP contribution in [0.15, 0.2) is 48.5 Å². The molecule has 0 spiro atoms. The van der Waals surface area contributed by atoms with Crippen LogP contribution in [0.25, 0.3) is 0 Å². The zero-order valence-electron chi connectivity index (χ0n) is 15.6. The SMILES string of the molecule is CCOc1ccccc1CS(=O)(=O)Cc1ccc(C(=O)N2CCCC2)cc1. The Morgan fingerprint density at radius 3 is 2.33 bits per heavy atom. The minimum atomic E-state index is -3.35. The van der Waals surface area contributed by atoms with Crippen molar-refractivity contribution in [2.24, 2.45) is 0 Å². The fourth-order valence-electron chi connectivity index (χ4n) is 3.31. The van der Waals surface area contributed by atoms with Gasteiger partial charge in [-0.15, -0.1) is 0 Å². The Kier molecular flexibility index (Phi) is 6.16. The lowest BCUT2D eigenvalue weighted by atomic mass is 10.1. The summed E-state index contributed by atoms with van der Waals surface area (Å²) in [6.45, 7) is 3.96. The van der Waals surface area contributed by atoms with Gasteiger partial charge in [0.1, 0.15) is 5.75 Å². The summed E-state index contributed by atoms with van der Waals surface area (Å²) < 4.78 is 30.8. The lowest BCUT2D eigenvalue weighted by Gasteiger charge is -2.15. The van der Waals surface area contributed by atoms with Gasteiger partial charge in [-0.25, -0.2) is 8.42 Å². The highest BCUT2D eigenvalue weighted by Crippen LogP contribution is 2.22. The number of rotatable bonds is 7. The van der Waals surface area contributed by atoms with E-state index in [2.05, 4.69) is 0 Å². The van der Waals surface area contributed by atoms with E-state index in [0.29, 0.717) is 29.0 Å². The number of benzene rings is 2. The van der Waals surface area contributed by atoms with E-state index in [4.69, 9.17) is 4.74 Å². The molecule has 0 aromatic heterocycles. The van der Waals surface area contributed by atoms with Crippen molar-refractivity contribution in [3.8, 4) is 5.75 Å². The van der Waals surface area contributed by atoms with Crippen LogP contribution in [0.2, 0.25) is 0 Å². The monoisotopic (exact) mass is 387 g/mol. The number of sulfone groups is 1. The summed E-state index contributed by atoms with van der Waals surface area (Å²) in [6.07, 6.45) is 2.09. The number of carbonyl (C=O) groups is 1. The molecule has 1 fully saturated rings. The predicted molar refractivity (Wildman–Crippen MR) is 106 cm³/mol. The highest BCUT2D eigenvalue weighted by molar-refractivity contribution is 7.89. The highest BCUT2D eigenvalue weighted by atomic mass is 32.2. The third-order valence-corrected chi connectivity index (χ3v) is 6.15. The van der Waals surface area contributed by atoms with Crippen LogP contribution in [0.1, 0.15) is 41.3 Å². The molecular weight excluding hydrogens is 362 g/mol. The lowest BCUT2D eigenvalue weighted by Crippen LogP contribution is -2.27. The van der Waals surface area contributed by atoms with Gasteiger partial charge in [0.15, 0.2) is 9.84 Å². The van der Waals surface area contributed by atoms with Gasteiger partial charge in [-0.1, -0.05) is 30.3 Å². The minimum Gasteiger partial charge on any atom is -0.494 e. The average Bonchev–Trinajstić information content (AvgIpc) is 3.18. The number of hydrogen-bond donors (Lipinski definition) is 0. The van der Waals surface area contributed by atoms with Gasteiger partial charge in [-0.2, -0.15) is 0 Å². The quantitative estimate of drug-likeness (QED) is 0.730. The van der Waals surface area contributed by atoms with Gasteiger partial charge in [0.2, 0.25) is 0 Å². The van der Waals surface area contributed by atoms with E-state index in [-0.39, 0.29) is 17.4 Å². The van der Waals surface area contributed by atoms with E-state index in [1.807, 2.05) is 24.0 Å². The van der Waals surface area contributed by atoms with Crippen LogP contribution < -0.4 is 4.74 Å². The van der Waals surface area contributed by atoms with Crippen molar-refractivity contribution in [3.63, 3.8) is 0 Å². The molecular formula is C21H25NO4S. The van der Waals surface area contributed by atoms with Crippen molar-refractivity contribution in [1.29, 1.82) is 0 Å². The molecule has 0 bridgehead atoms. The molecule has 1 aliphatic heterocycles. The van der Waals surface area contributed by atoms with E-state index in [0.717, 1.165) is 25.9 Å². The Morgan fingerprint density at radius 2 is 1.67 bits per heavy atom. The summed E-state index contributed by atoms with van der Waals surface area (Å²) in [6, 6.07) is 14.1. The summed E-state index contributed by atoms with van der Waals surface area (Å²) in [5.41, 5.74) is 1.96. The molecule has 2 aromatic rings. The third-order valence-electron chi connectivity index (χ3n) is 4.63. The molecule has 1 amide bonds. The Balaban J connectivity index is 1.68. The normalized spacial score (nSPS) is 14.3. The number of amides is 1. The topological polar surface area (TPSA) is 63.7 Å². The van der Waals surface area contributed by atoms with Crippen LogP contribution in [0.5, 0.6) is 5.75 Å². The first kappa shape index (κ1) is 19.4. The molecule has 2 aromatic carbocycles. The van der Waals surface area contributed by atoms with Crippen LogP contribution in [0, 0.1) is 0 Å². The first-order valence-corrected chi connectivity index (χ1v) is 11.1. The number of ether oxygens (including phenoxy) is 1. The number of nitrogens with zero attached hydrogens (tertiary/aromatic N) is 1. The molecule has 0 unspecified atom stereocenters. The zero-order chi connectivity index (χ0) is 19.3. The van der Waals surface area contributed by atoms with Crippen molar-refractivity contribution in [1.82, 2.24) is 4.90 Å². The van der Waals surface area contributed by atoms with Crippen LogP contribution in [-0.4, -0.2) is 38.9 Å². The molecule has 0 aliphatic carbocycles. The van der Waals surface area contributed by atoms with Gasteiger partial charge in [0.25, 0.3) is 5.91 Å². The van der Waals surface area contributed by atoms with Crippen LogP contribution in [0.4, 0.5) is 0 Å². The van der Waals surface area contributed by atoms with Crippen molar-refractivity contribution >= 4 is 15.7 Å². The highest BCUT2D eigenvalue weighted by Gasteiger charge is 2.20. The van der Waals surface area contributed by atoms with E-state index >= 15 is 0 Å². The Bertz CT molecular complexity index is 885. The second kappa shape index (κ2) is 8.57. The van der Waals surface area contributed by atoms with E-state index in [1.54, 1.807) is 36.4 Å². The van der Waals surface area contributed by atoms with Gasteiger partial charge in [-0.05, 0) is 43.5 Å². The van der Waals surface area contributed by atoms with E-state index in [9.17, 15) is 13.2 Å². The third kappa shape index (κ3) is 5.10. The molecule has 1 aliphatic rings. The van der Waals surface area contributed by atoms with E-state index in [1.165, 1.54) is 0 Å². The first-order chi connectivity index (χ1) is 13.0. The van der Waals surface area contributed by atoms with Crippen LogP contribution >= 0.6 is 0 Å². The van der Waals surface area contributed by atoms with Gasteiger partial charge in [-0.3, -0.25) is 4.79 Å². The largest absolute Gasteiger partial charge is 0.494 e. The maximum Gasteiger partial charge on any atom is 0.253 e. The number of hydrogen-bond acceptors (Lipinski definition) is 4. The molecule has 0 radical (unpaired) electrons. The van der Waals surface area contributed by atoms with Crippen molar-refractivity contribution in [3.05, 3.63) is 65.2 Å². The maximum atomic E-state index is 12.6. The fraction of sp³-hybridized carbons (Fsp3) is 0.381. The second-order valence-corrected chi connectivity index (χ2v) is 8.83. The van der Waals surface area contributed by atoms with Gasteiger partial charge in [0.05, 0.1) is 18.1 Å². The standard InChI is InChI=1S/C21H25NO4S/c1-2-26-20-8-4-3-7-19(20)16-27(24,25)15-17-9-11-18(12-10-17)21(23)22-13-5-6-14-22/h3-4,7-12H,2,5-6,13-16H2,1H3. The van der Waals surface area contributed by atoms with Crippen molar-refractivity contribution < 1.29 is 17.9 Å². The van der Waals surface area contributed by atoms with Crippen molar-refractivity contribution in [2.45, 2.75) is 31.3 Å². The van der Waals surface area contributed by atoms with Gasteiger partial charge < -0.3 is 9.64 Å². The number of likely N-dealkylation sites (tertiary alicyclic amines) is 1. The van der Waals surface area contributed by atoms with Gasteiger partial charge in [0, 0.05) is 24.2 Å². The minimum absolute atomic E-state index is 0.0209. The average molecular weight is 388 g/mol. The number of carbonyl (C=O) groups excluding carboxylic acids is 1. The zero-order valence-corrected chi connectivity index (χ0v) is 16.4. The Morgan fingerprint density at radius 1 is 1.00 bits per heavy atom. The molecule has 6 heteroatoms. The summed E-state index contributed by atoms with van der Waals surface area (Å²) in [5, 5.41) is 0. The summed E-state index contributed by atoms with van der Waals surface area (Å²) in [7, 11) is -3.35. The van der Waals surface area contributed by atoms with Crippen LogP contribution in [-0.2, 0) is 21.3 Å². The van der Waals surface area contributed by atoms with E-state index < -0.39 is 9.84 Å². The number of para-hydroxylation sites is 1. The smallest absolute Gasteiger partial charge is 0.253 e. The Labute approximate surface area is 160 Å². The fourth-order valence-corrected chi connectivity index (χ4v) is 4.82. The maximum absolute atomic E-state index is 12.6. The molecule has 27 heavy (non-hydrogen) atoms. The summed E-state index contributed by atoms with van der Waals surface area (Å²) in [4.78, 5) is 14.2. The molecule has 144 valence electrons. The molecule has 0 saturated carbocycles. The van der Waals surface area contributed by atoms with Gasteiger partial charge >= 0.3 is 0 Å². The molecule has 3 rings (SSSR count). The first-order valence-electron chi connectivity index (χ1n) is 9.28. The van der Waals surface area contributed by atoms with Crippen molar-refractivity contribution in [2.75, 3.05) is 19.7 Å². The van der Waals surface area contributed by atoms with Crippen LogP contribution in [0.3, 0.4) is 0 Å². The molecule has 1 saturated heterocycles. The molecule has 0 N–H and O–H groups in total. The molecule has 1 heterocycles. The summed E-state index contributed by atoms with van der Waals surface area (Å²) in [5.74, 6) is 0.492. The summed E-state index contributed by atoms with van der Waals surface area (Å²) >= 11 is 0. The Hall–Kier alpha value is -2.34. The second-order valence-electron chi connectivity index (χ2n) is 6.77. The predicted octanol–water partition coefficient (Wildman–Crippen LogP) is 3.44. The lowest BCUT2D eigenvalue weighted by molar-refractivity contribution is 0.0793.